The first-order valence-electron chi connectivity index (χ1n) is 11.0. The molecule has 2 aromatic carbocycles. The van der Waals surface area contributed by atoms with Crippen molar-refractivity contribution in [2.45, 2.75) is 0 Å². The van der Waals surface area contributed by atoms with Gasteiger partial charge in [-0.1, -0.05) is 24.3 Å². The van der Waals surface area contributed by atoms with E-state index in [4.69, 9.17) is 0 Å². The maximum absolute atomic E-state index is 14.8. The molecule has 5 rings (SSSR count). The summed E-state index contributed by atoms with van der Waals surface area (Å²) < 4.78 is 56.8. The zero-order valence-electron chi connectivity index (χ0n) is 18.8. The van der Waals surface area contributed by atoms with Gasteiger partial charge in [0.1, 0.15) is 29.0 Å². The van der Waals surface area contributed by atoms with Crippen LogP contribution in [0.4, 0.5) is 28.9 Å². The number of carbonyl (C=O) groups excluding carboxylic acids is 1. The molecular formula is C28H18F4N3O. The number of rotatable bonds is 5. The van der Waals surface area contributed by atoms with E-state index in [1.165, 1.54) is 24.4 Å². The largest absolute Gasteiger partial charge is 0.335 e. The van der Waals surface area contributed by atoms with Crippen LogP contribution in [0.15, 0.2) is 85.1 Å². The average Bonchev–Trinajstić information content (AvgIpc) is 2.88. The van der Waals surface area contributed by atoms with E-state index in [0.29, 0.717) is 29.3 Å². The van der Waals surface area contributed by atoms with Crippen LogP contribution in [0, 0.1) is 23.3 Å². The van der Waals surface area contributed by atoms with Crippen LogP contribution in [0.1, 0.15) is 16.8 Å². The molecule has 0 unspecified atom stereocenters. The van der Waals surface area contributed by atoms with E-state index in [1.807, 2.05) is 18.4 Å². The Kier molecular flexibility index (Phi) is 6.25. The third kappa shape index (κ3) is 4.22. The second-order valence-corrected chi connectivity index (χ2v) is 8.06. The molecule has 4 nitrogen and oxygen atoms in total. The van der Waals surface area contributed by atoms with Crippen LogP contribution in [0.2, 0.25) is 0 Å². The van der Waals surface area contributed by atoms with Crippen LogP contribution in [-0.4, -0.2) is 24.4 Å². The predicted octanol–water partition coefficient (Wildman–Crippen LogP) is 5.93. The number of anilines is 2. The van der Waals surface area contributed by atoms with Crippen molar-refractivity contribution in [1.82, 2.24) is 4.98 Å². The third-order valence-corrected chi connectivity index (χ3v) is 5.91. The molecule has 0 N–H and O–H groups in total. The average molecular weight is 488 g/mol. The molecule has 1 radical (unpaired) electrons. The number of nitrogens with zero attached hydrogens (tertiary/aromatic N) is 3. The summed E-state index contributed by atoms with van der Waals surface area (Å²) in [6.45, 7) is 0.565. The molecule has 3 heterocycles. The molecule has 0 spiro atoms. The van der Waals surface area contributed by atoms with Crippen molar-refractivity contribution < 1.29 is 22.4 Å². The molecule has 1 aromatic heterocycles. The highest BCUT2D eigenvalue weighted by molar-refractivity contribution is 5.99. The Balaban J connectivity index is 1.67. The predicted molar refractivity (Wildman–Crippen MR) is 131 cm³/mol. The Morgan fingerprint density at radius 2 is 1.31 bits per heavy atom. The monoisotopic (exact) mass is 488 g/mol. The first kappa shape index (κ1) is 23.3. The van der Waals surface area contributed by atoms with Crippen LogP contribution in [0.25, 0.3) is 11.4 Å². The van der Waals surface area contributed by atoms with Crippen molar-refractivity contribution in [3.05, 3.63) is 125 Å². The molecule has 0 atom stereocenters. The van der Waals surface area contributed by atoms with Gasteiger partial charge in [0.05, 0.1) is 22.8 Å². The topological polar surface area (TPSA) is 36.4 Å². The van der Waals surface area contributed by atoms with Gasteiger partial charge in [-0.15, -0.1) is 0 Å². The van der Waals surface area contributed by atoms with Crippen molar-refractivity contribution in [3.8, 4) is 0 Å². The Morgan fingerprint density at radius 3 is 1.86 bits per heavy atom. The lowest BCUT2D eigenvalue weighted by atomic mass is 10.0. The fourth-order valence-corrected chi connectivity index (χ4v) is 4.33. The second kappa shape index (κ2) is 9.65. The second-order valence-electron chi connectivity index (χ2n) is 8.06. The Hall–Kier alpha value is -4.46. The minimum absolute atomic E-state index is 0.0373. The minimum Gasteiger partial charge on any atom is -0.335 e. The Bertz CT molecular complexity index is 1480. The molecule has 2 aliphatic rings. The molecule has 3 aromatic rings. The minimum atomic E-state index is -0.765. The van der Waals surface area contributed by atoms with Gasteiger partial charge < -0.3 is 9.80 Å². The number of aromatic nitrogens is 1. The summed E-state index contributed by atoms with van der Waals surface area (Å²) in [5.41, 5.74) is 1.87. The molecule has 0 amide bonds. The van der Waals surface area contributed by atoms with E-state index in [1.54, 1.807) is 40.2 Å². The first-order chi connectivity index (χ1) is 17.5. The number of pyridine rings is 1. The number of halogens is 4. The maximum atomic E-state index is 14.8. The molecular weight excluding hydrogens is 470 g/mol. The molecule has 8 heteroatoms. The van der Waals surface area contributed by atoms with Crippen LogP contribution in [0.5, 0.6) is 0 Å². The van der Waals surface area contributed by atoms with Gasteiger partial charge in [0, 0.05) is 42.5 Å². The van der Waals surface area contributed by atoms with Crippen molar-refractivity contribution >= 4 is 29.1 Å². The number of allylic oxidation sites excluding steroid dienone is 4. The van der Waals surface area contributed by atoms with Gasteiger partial charge in [-0.05, 0) is 42.5 Å². The van der Waals surface area contributed by atoms with Crippen LogP contribution < -0.4 is 9.80 Å². The van der Waals surface area contributed by atoms with Gasteiger partial charge in [0.15, 0.2) is 0 Å². The highest BCUT2D eigenvalue weighted by Crippen LogP contribution is 2.41. The number of benzene rings is 2. The van der Waals surface area contributed by atoms with Crippen molar-refractivity contribution in [3.63, 3.8) is 0 Å². The lowest BCUT2D eigenvalue weighted by Crippen LogP contribution is -2.31. The van der Waals surface area contributed by atoms with E-state index in [2.05, 4.69) is 4.98 Å². The van der Waals surface area contributed by atoms with E-state index < -0.39 is 23.3 Å². The smallest absolute Gasteiger partial charge is 0.255 e. The zero-order chi connectivity index (χ0) is 25.2. The van der Waals surface area contributed by atoms with Crippen molar-refractivity contribution in [1.29, 1.82) is 0 Å². The molecule has 0 aliphatic carbocycles. The van der Waals surface area contributed by atoms with Crippen LogP contribution in [-0.2, 0) is 4.79 Å². The summed E-state index contributed by atoms with van der Waals surface area (Å²) in [6, 6.07) is 8.24. The third-order valence-electron chi connectivity index (χ3n) is 5.91. The molecule has 36 heavy (non-hydrogen) atoms. The van der Waals surface area contributed by atoms with Gasteiger partial charge in [-0.2, -0.15) is 0 Å². The van der Waals surface area contributed by atoms with E-state index in [9.17, 15) is 22.4 Å². The van der Waals surface area contributed by atoms with Gasteiger partial charge in [0.25, 0.3) is 6.29 Å². The van der Waals surface area contributed by atoms with E-state index in [-0.39, 0.29) is 23.4 Å². The highest BCUT2D eigenvalue weighted by atomic mass is 19.1. The molecule has 0 saturated carbocycles. The first-order valence-corrected chi connectivity index (χ1v) is 11.0. The maximum Gasteiger partial charge on any atom is 0.255 e. The molecule has 0 saturated heterocycles. The van der Waals surface area contributed by atoms with Gasteiger partial charge in [-0.3, -0.25) is 9.78 Å². The number of hydrogen-bond acceptors (Lipinski definition) is 4. The molecule has 179 valence electrons. The Morgan fingerprint density at radius 1 is 0.750 bits per heavy atom. The summed E-state index contributed by atoms with van der Waals surface area (Å²) in [4.78, 5) is 19.6. The van der Waals surface area contributed by atoms with Gasteiger partial charge >= 0.3 is 0 Å². The fraction of sp³-hybridized carbons (Fsp3) is 0.0714. The van der Waals surface area contributed by atoms with E-state index in [0.717, 1.165) is 18.2 Å². The van der Waals surface area contributed by atoms with Crippen molar-refractivity contribution in [2.24, 2.45) is 0 Å². The summed E-state index contributed by atoms with van der Waals surface area (Å²) in [7, 11) is 0. The van der Waals surface area contributed by atoms with Gasteiger partial charge in [0.2, 0.25) is 0 Å². The normalized spacial score (nSPS) is 15.1. The SMILES string of the molecule is O=[C]c1nccc(N2CC=CC=C2c2ccc(F)cc2F)c1N1CC=CC=C1c1ccc(F)cc1F. The summed E-state index contributed by atoms with van der Waals surface area (Å²) in [6.07, 6.45) is 13.7. The van der Waals surface area contributed by atoms with Crippen LogP contribution >= 0.6 is 0 Å². The summed E-state index contributed by atoms with van der Waals surface area (Å²) in [5.74, 6) is -2.92. The number of hydrogen-bond donors (Lipinski definition) is 0. The van der Waals surface area contributed by atoms with Crippen molar-refractivity contribution in [2.75, 3.05) is 22.9 Å². The fourth-order valence-electron chi connectivity index (χ4n) is 4.33. The lowest BCUT2D eigenvalue weighted by molar-refractivity contribution is 0.561. The highest BCUT2D eigenvalue weighted by Gasteiger charge is 2.28. The van der Waals surface area contributed by atoms with Crippen LogP contribution in [0.3, 0.4) is 0 Å². The Labute approximate surface area is 204 Å². The quantitative estimate of drug-likeness (QED) is 0.417. The standard InChI is InChI=1S/C28H18F4N3O/c29-18-7-9-20(22(31)15-18)25-5-1-3-13-34(25)27-11-12-33-24(17-36)28(27)35-14-4-2-6-26(35)21-10-8-19(30)16-23(21)32/h1-12,15-16H,13-14H2. The molecule has 2 aliphatic heterocycles. The summed E-state index contributed by atoms with van der Waals surface area (Å²) >= 11 is 0. The van der Waals surface area contributed by atoms with E-state index >= 15 is 0 Å². The van der Waals surface area contributed by atoms with Gasteiger partial charge in [-0.25, -0.2) is 17.6 Å². The zero-order valence-corrected chi connectivity index (χ0v) is 18.8. The molecule has 0 fully saturated rings. The summed E-state index contributed by atoms with van der Waals surface area (Å²) in [5, 5.41) is 0. The lowest BCUT2D eigenvalue weighted by Gasteiger charge is -2.36. The molecule has 0 bridgehead atoms.